The van der Waals surface area contributed by atoms with E-state index in [9.17, 15) is 13.5 Å². The lowest BCUT2D eigenvalue weighted by atomic mass is 10.1. The minimum absolute atomic E-state index is 0.305. The molecule has 3 aromatic heterocycles. The molecule has 0 radical (unpaired) electrons. The molecule has 2 fully saturated rings. The van der Waals surface area contributed by atoms with Crippen LogP contribution in [0.3, 0.4) is 0 Å². The van der Waals surface area contributed by atoms with Crippen LogP contribution in [0.15, 0.2) is 24.4 Å². The number of aromatic nitrogens is 4. The fourth-order valence-electron chi connectivity index (χ4n) is 5.74. The number of anilines is 3. The Morgan fingerprint density at radius 2 is 1.87 bits per heavy atom. The number of nitrogens with one attached hydrogen (secondary N) is 2. The van der Waals surface area contributed by atoms with E-state index in [0.717, 1.165) is 67.0 Å². The number of aliphatic hydroxyl groups is 1. The maximum atomic E-state index is 13.2. The summed E-state index contributed by atoms with van der Waals surface area (Å²) >= 11 is 0. The van der Waals surface area contributed by atoms with E-state index >= 15 is 0 Å². The van der Waals surface area contributed by atoms with E-state index < -0.39 is 16.1 Å². The van der Waals surface area contributed by atoms with Crippen LogP contribution in [0.25, 0.3) is 10.9 Å². The van der Waals surface area contributed by atoms with Crippen LogP contribution in [0, 0.1) is 0 Å². The molecule has 0 aliphatic carbocycles. The molecule has 0 saturated carbocycles. The molecule has 0 aromatic carbocycles. The van der Waals surface area contributed by atoms with Crippen LogP contribution in [-0.4, -0.2) is 75.7 Å². The summed E-state index contributed by atoms with van der Waals surface area (Å²) in [5, 5.41) is 17.2. The van der Waals surface area contributed by atoms with Crippen LogP contribution in [0.1, 0.15) is 62.1 Å². The van der Waals surface area contributed by atoms with Gasteiger partial charge < -0.3 is 20.6 Å². The van der Waals surface area contributed by atoms with Crippen LogP contribution in [0.4, 0.5) is 17.6 Å². The molecule has 3 aliphatic rings. The quantitative estimate of drug-likeness (QED) is 0.419. The molecule has 12 heteroatoms. The van der Waals surface area contributed by atoms with E-state index in [4.69, 9.17) is 15.0 Å². The zero-order valence-electron chi connectivity index (χ0n) is 22.3. The highest BCUT2D eigenvalue weighted by molar-refractivity contribution is 7.89. The number of aliphatic hydroxyl groups excluding tert-OH is 1. The van der Waals surface area contributed by atoms with Gasteiger partial charge in [-0.2, -0.15) is 4.31 Å². The Morgan fingerprint density at radius 3 is 2.64 bits per heavy atom. The predicted molar refractivity (Wildman–Crippen MR) is 150 cm³/mol. The van der Waals surface area contributed by atoms with E-state index in [2.05, 4.69) is 20.5 Å². The second-order valence-electron chi connectivity index (χ2n) is 10.7. The second-order valence-corrected chi connectivity index (χ2v) is 12.9. The molecule has 0 spiro atoms. The van der Waals surface area contributed by atoms with Gasteiger partial charge in [-0.15, -0.1) is 0 Å². The van der Waals surface area contributed by atoms with Crippen molar-refractivity contribution in [2.75, 3.05) is 42.9 Å². The van der Waals surface area contributed by atoms with Gasteiger partial charge >= 0.3 is 0 Å². The van der Waals surface area contributed by atoms with Gasteiger partial charge in [0.2, 0.25) is 16.0 Å². The minimum atomic E-state index is -3.33. The van der Waals surface area contributed by atoms with E-state index in [1.807, 2.05) is 18.2 Å². The zero-order chi connectivity index (χ0) is 27.0. The van der Waals surface area contributed by atoms with Crippen molar-refractivity contribution in [2.24, 2.45) is 0 Å². The standard InChI is InChI=1S/C27H36N8O3S/c1-18(36)23-15-20-16-29-27(33-25(20)26(31-23)34-12-3-2-4-13-34)32-24-6-5-19-17-35(14-9-22(19)30-24)39(37,38)21-7-10-28-11-8-21/h5-6,15-16,18,21,28,36H,2-4,7-14,17H2,1H3,(H,29,30,32,33)/t18-/m1/s1. The fourth-order valence-corrected chi connectivity index (χ4v) is 7.66. The van der Waals surface area contributed by atoms with Crippen molar-refractivity contribution < 1.29 is 13.5 Å². The van der Waals surface area contributed by atoms with Crippen molar-refractivity contribution in [1.29, 1.82) is 0 Å². The average Bonchev–Trinajstić information content (AvgIpc) is 2.97. The fraction of sp³-hybridized carbons (Fsp3) is 0.556. The Bertz CT molecular complexity index is 1450. The lowest BCUT2D eigenvalue weighted by molar-refractivity contribution is 0.194. The van der Waals surface area contributed by atoms with Crippen LogP contribution in [-0.2, 0) is 23.0 Å². The molecule has 0 amide bonds. The van der Waals surface area contributed by atoms with Crippen molar-refractivity contribution in [2.45, 2.75) is 63.3 Å². The monoisotopic (exact) mass is 552 g/mol. The normalized spacial score (nSPS) is 20.1. The number of pyridine rings is 2. The van der Waals surface area contributed by atoms with Crippen molar-refractivity contribution in [3.05, 3.63) is 41.3 Å². The number of rotatable bonds is 6. The molecule has 0 unspecified atom stereocenters. The highest BCUT2D eigenvalue weighted by Gasteiger charge is 2.35. The molecular weight excluding hydrogens is 516 g/mol. The van der Waals surface area contributed by atoms with Gasteiger partial charge in [0.15, 0.2) is 5.82 Å². The molecule has 2 saturated heterocycles. The first-order valence-electron chi connectivity index (χ1n) is 13.9. The Hall–Kier alpha value is -2.93. The van der Waals surface area contributed by atoms with Gasteiger partial charge in [-0.05, 0) is 69.8 Å². The first-order valence-corrected chi connectivity index (χ1v) is 15.4. The van der Waals surface area contributed by atoms with Gasteiger partial charge in [-0.3, -0.25) is 0 Å². The summed E-state index contributed by atoms with van der Waals surface area (Å²) in [6.07, 6.45) is 6.38. The van der Waals surface area contributed by atoms with Gasteiger partial charge in [0.1, 0.15) is 11.3 Å². The van der Waals surface area contributed by atoms with Crippen molar-refractivity contribution in [3.8, 4) is 0 Å². The number of sulfonamides is 1. The molecule has 11 nitrogen and oxygen atoms in total. The molecule has 208 valence electrons. The lowest BCUT2D eigenvalue weighted by Gasteiger charge is -2.32. The topological polar surface area (TPSA) is 136 Å². The number of hydrogen-bond donors (Lipinski definition) is 3. The molecule has 1 atom stereocenters. The third-order valence-electron chi connectivity index (χ3n) is 7.97. The summed E-state index contributed by atoms with van der Waals surface area (Å²) in [6, 6.07) is 5.65. The van der Waals surface area contributed by atoms with Crippen molar-refractivity contribution >= 4 is 38.5 Å². The number of piperidine rings is 2. The summed E-state index contributed by atoms with van der Waals surface area (Å²) in [4.78, 5) is 21.1. The molecule has 6 rings (SSSR count). The lowest BCUT2D eigenvalue weighted by Crippen LogP contribution is -2.45. The summed E-state index contributed by atoms with van der Waals surface area (Å²) in [6.45, 7) is 5.84. The SMILES string of the molecule is C[C@@H](O)c1cc2cnc(Nc3ccc4c(n3)CCN(S(=O)(=O)C3CCNCC3)C4)nc2c(N2CCCCC2)n1. The Labute approximate surface area is 229 Å². The Balaban J connectivity index is 1.23. The van der Waals surface area contributed by atoms with Gasteiger partial charge in [0.05, 0.1) is 17.0 Å². The molecule has 3 aromatic rings. The number of nitrogens with zero attached hydrogens (tertiary/aromatic N) is 6. The molecular formula is C27H36N8O3S. The van der Waals surface area contributed by atoms with E-state index in [0.29, 0.717) is 49.8 Å². The van der Waals surface area contributed by atoms with E-state index in [-0.39, 0.29) is 5.25 Å². The van der Waals surface area contributed by atoms with E-state index in [1.165, 1.54) is 6.42 Å². The van der Waals surface area contributed by atoms with Gasteiger partial charge in [0.25, 0.3) is 0 Å². The molecule has 3 N–H and O–H groups in total. The number of hydrogen-bond acceptors (Lipinski definition) is 10. The van der Waals surface area contributed by atoms with Crippen LogP contribution >= 0.6 is 0 Å². The molecule has 6 heterocycles. The summed E-state index contributed by atoms with van der Waals surface area (Å²) in [5.74, 6) is 1.82. The summed E-state index contributed by atoms with van der Waals surface area (Å²) in [5.41, 5.74) is 3.19. The molecule has 0 bridgehead atoms. The van der Waals surface area contributed by atoms with Gasteiger partial charge in [0, 0.05) is 49.9 Å². The highest BCUT2D eigenvalue weighted by atomic mass is 32.2. The maximum absolute atomic E-state index is 13.2. The predicted octanol–water partition coefficient (Wildman–Crippen LogP) is 2.65. The second kappa shape index (κ2) is 10.9. The molecule has 39 heavy (non-hydrogen) atoms. The molecule has 3 aliphatic heterocycles. The van der Waals surface area contributed by atoms with Crippen LogP contribution < -0.4 is 15.5 Å². The minimum Gasteiger partial charge on any atom is -0.387 e. The zero-order valence-corrected chi connectivity index (χ0v) is 23.1. The van der Waals surface area contributed by atoms with Crippen molar-refractivity contribution in [1.82, 2.24) is 29.6 Å². The van der Waals surface area contributed by atoms with Crippen molar-refractivity contribution in [3.63, 3.8) is 0 Å². The highest BCUT2D eigenvalue weighted by Crippen LogP contribution is 2.30. The Kier molecular flexibility index (Phi) is 7.36. The smallest absolute Gasteiger partial charge is 0.229 e. The maximum Gasteiger partial charge on any atom is 0.229 e. The summed E-state index contributed by atoms with van der Waals surface area (Å²) in [7, 11) is -3.33. The first-order chi connectivity index (χ1) is 18.9. The van der Waals surface area contributed by atoms with E-state index in [1.54, 1.807) is 17.4 Å². The van der Waals surface area contributed by atoms with Crippen LogP contribution in [0.5, 0.6) is 0 Å². The third-order valence-corrected chi connectivity index (χ3v) is 10.3. The Morgan fingerprint density at radius 1 is 1.08 bits per heavy atom. The first kappa shape index (κ1) is 26.3. The van der Waals surface area contributed by atoms with Gasteiger partial charge in [-0.1, -0.05) is 6.07 Å². The van der Waals surface area contributed by atoms with Crippen LogP contribution in [0.2, 0.25) is 0 Å². The average molecular weight is 553 g/mol. The summed E-state index contributed by atoms with van der Waals surface area (Å²) < 4.78 is 28.0. The van der Waals surface area contributed by atoms with Gasteiger partial charge in [-0.25, -0.2) is 28.4 Å². The number of fused-ring (bicyclic) bond motifs is 2. The largest absolute Gasteiger partial charge is 0.387 e. The third kappa shape index (κ3) is 5.43.